The van der Waals surface area contributed by atoms with E-state index in [4.69, 9.17) is 15.0 Å². The van der Waals surface area contributed by atoms with Crippen LogP contribution in [0.3, 0.4) is 0 Å². The fourth-order valence-electron chi connectivity index (χ4n) is 2.62. The van der Waals surface area contributed by atoms with Crippen molar-refractivity contribution in [2.75, 3.05) is 0 Å². The van der Waals surface area contributed by atoms with E-state index in [1.54, 1.807) is 0 Å². The van der Waals surface area contributed by atoms with Gasteiger partial charge in [0.1, 0.15) is 0 Å². The predicted molar refractivity (Wildman–Crippen MR) is 119 cm³/mol. The second kappa shape index (κ2) is 8.00. The van der Waals surface area contributed by atoms with Crippen molar-refractivity contribution in [2.45, 2.75) is 0 Å². The molecule has 132 valence electrons. The molecule has 0 atom stereocenters. The lowest BCUT2D eigenvalue weighted by atomic mass is 10.1. The molecule has 3 nitrogen and oxygen atoms in total. The van der Waals surface area contributed by atoms with Crippen LogP contribution in [0.4, 0.5) is 0 Å². The van der Waals surface area contributed by atoms with Crippen LogP contribution >= 0.6 is 47.8 Å². The third kappa shape index (κ3) is 4.18. The van der Waals surface area contributed by atoms with E-state index in [1.807, 2.05) is 72.8 Å². The molecule has 0 aliphatic rings. The molecule has 0 fully saturated rings. The van der Waals surface area contributed by atoms with Gasteiger partial charge in [0.25, 0.3) is 0 Å². The summed E-state index contributed by atoms with van der Waals surface area (Å²) < 4.78 is 2.93. The molecule has 0 spiro atoms. The number of halogens is 3. The normalized spacial score (nSPS) is 10.8. The Balaban J connectivity index is 1.94. The van der Waals surface area contributed by atoms with Crippen molar-refractivity contribution in [3.8, 4) is 34.2 Å². The molecule has 0 bridgehead atoms. The van der Waals surface area contributed by atoms with Crippen LogP contribution in [0.1, 0.15) is 0 Å². The van der Waals surface area contributed by atoms with E-state index >= 15 is 0 Å². The quantitative estimate of drug-likeness (QED) is 0.274. The zero-order valence-corrected chi connectivity index (χ0v) is 18.7. The third-order valence-electron chi connectivity index (χ3n) is 3.94. The Hall–Kier alpha value is -1.89. The van der Waals surface area contributed by atoms with Crippen LogP contribution in [0.25, 0.3) is 34.2 Å². The van der Waals surface area contributed by atoms with E-state index in [-0.39, 0.29) is 0 Å². The maximum Gasteiger partial charge on any atom is 0.165 e. The Labute approximate surface area is 182 Å². The van der Waals surface area contributed by atoms with Crippen molar-refractivity contribution in [1.29, 1.82) is 0 Å². The lowest BCUT2D eigenvalue weighted by molar-refractivity contribution is 1.07. The molecular formula is C21H12Br3N3. The molecule has 3 aromatic carbocycles. The van der Waals surface area contributed by atoms with Crippen molar-refractivity contribution < 1.29 is 0 Å². The van der Waals surface area contributed by atoms with Crippen LogP contribution in [0, 0.1) is 0 Å². The van der Waals surface area contributed by atoms with Gasteiger partial charge in [-0.05, 0) is 30.3 Å². The van der Waals surface area contributed by atoms with Crippen molar-refractivity contribution in [3.05, 3.63) is 86.2 Å². The molecular weight excluding hydrogens is 534 g/mol. The molecule has 0 unspecified atom stereocenters. The van der Waals surface area contributed by atoms with E-state index in [2.05, 4.69) is 47.8 Å². The summed E-state index contributed by atoms with van der Waals surface area (Å²) in [7, 11) is 0. The molecule has 27 heavy (non-hydrogen) atoms. The lowest BCUT2D eigenvalue weighted by Crippen LogP contribution is -2.00. The fraction of sp³-hybridized carbons (Fsp3) is 0. The molecule has 1 aromatic heterocycles. The van der Waals surface area contributed by atoms with Crippen LogP contribution in [-0.2, 0) is 0 Å². The number of benzene rings is 3. The fourth-order valence-corrected chi connectivity index (χ4v) is 3.75. The highest BCUT2D eigenvalue weighted by molar-refractivity contribution is 9.11. The molecule has 1 heterocycles. The van der Waals surface area contributed by atoms with Gasteiger partial charge in [-0.15, -0.1) is 0 Å². The first-order valence-corrected chi connectivity index (χ1v) is 10.5. The summed E-state index contributed by atoms with van der Waals surface area (Å²) in [6, 6.07) is 23.8. The molecule has 0 saturated heterocycles. The summed E-state index contributed by atoms with van der Waals surface area (Å²) in [5, 5.41) is 0. The van der Waals surface area contributed by atoms with E-state index in [9.17, 15) is 0 Å². The number of aromatic nitrogens is 3. The first-order valence-electron chi connectivity index (χ1n) is 8.13. The van der Waals surface area contributed by atoms with E-state index in [0.717, 1.165) is 30.1 Å². The predicted octanol–water partition coefficient (Wildman–Crippen LogP) is 7.16. The van der Waals surface area contributed by atoms with Crippen LogP contribution in [0.15, 0.2) is 86.2 Å². The van der Waals surface area contributed by atoms with Crippen LogP contribution in [-0.4, -0.2) is 15.0 Å². The first kappa shape index (κ1) is 18.5. The van der Waals surface area contributed by atoms with Gasteiger partial charge in [0.15, 0.2) is 17.5 Å². The van der Waals surface area contributed by atoms with E-state index < -0.39 is 0 Å². The van der Waals surface area contributed by atoms with Gasteiger partial charge in [0.2, 0.25) is 0 Å². The average molecular weight is 546 g/mol. The number of rotatable bonds is 3. The molecule has 4 rings (SSSR count). The van der Waals surface area contributed by atoms with Gasteiger partial charge in [0.05, 0.1) is 0 Å². The maximum absolute atomic E-state index is 4.74. The molecule has 0 N–H and O–H groups in total. The van der Waals surface area contributed by atoms with Crippen LogP contribution < -0.4 is 0 Å². The maximum atomic E-state index is 4.74. The van der Waals surface area contributed by atoms with Gasteiger partial charge < -0.3 is 0 Å². The van der Waals surface area contributed by atoms with Gasteiger partial charge in [0, 0.05) is 30.1 Å². The zero-order chi connectivity index (χ0) is 18.8. The summed E-state index contributed by atoms with van der Waals surface area (Å²) in [5.41, 5.74) is 2.79. The van der Waals surface area contributed by atoms with Crippen LogP contribution in [0.2, 0.25) is 0 Å². The topological polar surface area (TPSA) is 38.7 Å². The molecule has 0 radical (unpaired) electrons. The van der Waals surface area contributed by atoms with E-state index in [1.165, 1.54) is 0 Å². The lowest BCUT2D eigenvalue weighted by Gasteiger charge is -2.09. The summed E-state index contributed by atoms with van der Waals surface area (Å²) in [6.07, 6.45) is 0. The molecule has 0 aliphatic heterocycles. The summed E-state index contributed by atoms with van der Waals surface area (Å²) >= 11 is 10.6. The number of hydrogen-bond donors (Lipinski definition) is 0. The minimum atomic E-state index is 0.630. The summed E-state index contributed by atoms with van der Waals surface area (Å²) in [5.74, 6) is 1.90. The van der Waals surface area contributed by atoms with Gasteiger partial charge in [-0.2, -0.15) is 0 Å². The van der Waals surface area contributed by atoms with Crippen molar-refractivity contribution in [2.24, 2.45) is 0 Å². The van der Waals surface area contributed by atoms with E-state index in [0.29, 0.717) is 17.5 Å². The highest BCUT2D eigenvalue weighted by Gasteiger charge is 2.14. The number of hydrogen-bond acceptors (Lipinski definition) is 3. The van der Waals surface area contributed by atoms with Gasteiger partial charge in [-0.3, -0.25) is 0 Å². The van der Waals surface area contributed by atoms with Gasteiger partial charge in [-0.1, -0.05) is 90.3 Å². The standard InChI is InChI=1S/C21H12Br3N3/c22-15-10-8-13(9-11-15)19-25-20(14-4-3-5-16(23)12-14)27-21(26-19)17-6-1-2-7-18(17)24/h1-12H. The highest BCUT2D eigenvalue weighted by atomic mass is 79.9. The second-order valence-corrected chi connectivity index (χ2v) is 8.49. The molecule has 0 saturated carbocycles. The molecule has 6 heteroatoms. The van der Waals surface area contributed by atoms with Crippen molar-refractivity contribution >= 4 is 47.8 Å². The third-order valence-corrected chi connectivity index (χ3v) is 5.65. The minimum Gasteiger partial charge on any atom is -0.208 e. The molecule has 0 aliphatic carbocycles. The van der Waals surface area contributed by atoms with Crippen LogP contribution in [0.5, 0.6) is 0 Å². The van der Waals surface area contributed by atoms with Gasteiger partial charge >= 0.3 is 0 Å². The first-order chi connectivity index (χ1) is 13.1. The average Bonchev–Trinajstić information content (AvgIpc) is 2.68. The SMILES string of the molecule is Brc1ccc(-c2nc(-c3cccc(Br)c3)nc(-c3ccccc3Br)n2)cc1. The largest absolute Gasteiger partial charge is 0.208 e. The summed E-state index contributed by atoms with van der Waals surface area (Å²) in [6.45, 7) is 0. The molecule has 4 aromatic rings. The molecule has 0 amide bonds. The van der Waals surface area contributed by atoms with Crippen molar-refractivity contribution in [1.82, 2.24) is 15.0 Å². The Kier molecular flexibility index (Phi) is 5.48. The highest BCUT2D eigenvalue weighted by Crippen LogP contribution is 2.30. The number of nitrogens with zero attached hydrogens (tertiary/aromatic N) is 3. The monoisotopic (exact) mass is 543 g/mol. The minimum absolute atomic E-state index is 0.630. The Morgan fingerprint density at radius 2 is 1.19 bits per heavy atom. The van der Waals surface area contributed by atoms with Crippen molar-refractivity contribution in [3.63, 3.8) is 0 Å². The Morgan fingerprint density at radius 3 is 1.89 bits per heavy atom. The van der Waals surface area contributed by atoms with Gasteiger partial charge in [-0.25, -0.2) is 15.0 Å². The smallest absolute Gasteiger partial charge is 0.165 e. The Bertz CT molecular complexity index is 1110. The summed E-state index contributed by atoms with van der Waals surface area (Å²) in [4.78, 5) is 14.2. The Morgan fingerprint density at radius 1 is 0.519 bits per heavy atom. The second-order valence-electron chi connectivity index (χ2n) is 5.80. The zero-order valence-electron chi connectivity index (χ0n) is 13.9.